The van der Waals surface area contributed by atoms with Gasteiger partial charge in [0.05, 0.1) is 10.6 Å². The first-order valence-electron chi connectivity index (χ1n) is 10.3. The molecule has 33 heavy (non-hydrogen) atoms. The molecule has 1 aromatic heterocycles. The second kappa shape index (κ2) is 9.94. The van der Waals surface area contributed by atoms with E-state index in [2.05, 4.69) is 10.3 Å². The molecule has 0 spiro atoms. The SMILES string of the molecule is O=C(COc1ccc(S(=O)(=O)N2CCCCC2)cc1)Nc1nc(-c2ccc(F)c(F)c2)cs1. The van der Waals surface area contributed by atoms with Crippen molar-refractivity contribution in [3.05, 3.63) is 59.5 Å². The number of amides is 1. The van der Waals surface area contributed by atoms with E-state index < -0.39 is 27.6 Å². The molecule has 0 saturated carbocycles. The highest BCUT2D eigenvalue weighted by molar-refractivity contribution is 7.89. The van der Waals surface area contributed by atoms with Crippen LogP contribution in [0.4, 0.5) is 13.9 Å². The number of nitrogens with zero attached hydrogens (tertiary/aromatic N) is 2. The fraction of sp³-hybridized carbons (Fsp3) is 0.273. The molecular weight excluding hydrogens is 472 g/mol. The number of sulfonamides is 1. The number of hydrogen-bond donors (Lipinski definition) is 1. The van der Waals surface area contributed by atoms with Gasteiger partial charge in [0, 0.05) is 24.0 Å². The van der Waals surface area contributed by atoms with Crippen molar-refractivity contribution in [1.29, 1.82) is 0 Å². The lowest BCUT2D eigenvalue weighted by Gasteiger charge is -2.25. The van der Waals surface area contributed by atoms with Gasteiger partial charge < -0.3 is 4.74 Å². The van der Waals surface area contributed by atoms with Gasteiger partial charge in [0.1, 0.15) is 5.75 Å². The van der Waals surface area contributed by atoms with Crippen molar-refractivity contribution < 1.29 is 26.7 Å². The van der Waals surface area contributed by atoms with Crippen LogP contribution in [0.25, 0.3) is 11.3 Å². The smallest absolute Gasteiger partial charge is 0.264 e. The van der Waals surface area contributed by atoms with Gasteiger partial charge >= 0.3 is 0 Å². The first-order valence-corrected chi connectivity index (χ1v) is 12.6. The van der Waals surface area contributed by atoms with Gasteiger partial charge in [-0.3, -0.25) is 10.1 Å². The van der Waals surface area contributed by atoms with E-state index in [0.717, 1.165) is 42.7 Å². The van der Waals surface area contributed by atoms with E-state index in [1.807, 2.05) is 0 Å². The number of rotatable bonds is 7. The number of nitrogens with one attached hydrogen (secondary N) is 1. The lowest BCUT2D eigenvalue weighted by molar-refractivity contribution is -0.118. The maximum atomic E-state index is 13.4. The number of anilines is 1. The highest BCUT2D eigenvalue weighted by Gasteiger charge is 2.25. The van der Waals surface area contributed by atoms with Crippen LogP contribution in [0.1, 0.15) is 19.3 Å². The second-order valence-electron chi connectivity index (χ2n) is 7.44. The Kier molecular flexibility index (Phi) is 7.01. The van der Waals surface area contributed by atoms with Gasteiger partial charge in [-0.25, -0.2) is 22.2 Å². The molecule has 7 nitrogen and oxygen atoms in total. The second-order valence-corrected chi connectivity index (χ2v) is 10.2. The number of carbonyl (C=O) groups is 1. The normalized spacial score (nSPS) is 14.7. The molecule has 1 saturated heterocycles. The van der Waals surface area contributed by atoms with Crippen molar-refractivity contribution in [2.45, 2.75) is 24.2 Å². The van der Waals surface area contributed by atoms with E-state index in [0.29, 0.717) is 30.1 Å². The molecule has 11 heteroatoms. The molecule has 0 bridgehead atoms. The highest BCUT2D eigenvalue weighted by atomic mass is 32.2. The molecule has 1 amide bonds. The van der Waals surface area contributed by atoms with Gasteiger partial charge in [-0.05, 0) is 55.3 Å². The molecular formula is C22H21F2N3O4S2. The molecule has 0 aliphatic carbocycles. The highest BCUT2D eigenvalue weighted by Crippen LogP contribution is 2.26. The molecule has 3 aromatic rings. The Balaban J connectivity index is 1.32. The maximum Gasteiger partial charge on any atom is 0.264 e. The monoisotopic (exact) mass is 493 g/mol. The lowest BCUT2D eigenvalue weighted by atomic mass is 10.2. The van der Waals surface area contributed by atoms with Gasteiger partial charge in [0.15, 0.2) is 23.4 Å². The zero-order valence-electron chi connectivity index (χ0n) is 17.5. The van der Waals surface area contributed by atoms with Crippen LogP contribution in [0, 0.1) is 11.6 Å². The first kappa shape index (κ1) is 23.3. The van der Waals surface area contributed by atoms with Crippen LogP contribution in [0.3, 0.4) is 0 Å². The molecule has 1 fully saturated rings. The predicted molar refractivity (Wildman–Crippen MR) is 121 cm³/mol. The van der Waals surface area contributed by atoms with Gasteiger partial charge in [0.2, 0.25) is 10.0 Å². The summed E-state index contributed by atoms with van der Waals surface area (Å²) in [7, 11) is -3.53. The van der Waals surface area contributed by atoms with Crippen LogP contribution in [-0.4, -0.2) is 43.3 Å². The zero-order chi connectivity index (χ0) is 23.4. The minimum Gasteiger partial charge on any atom is -0.484 e. The summed E-state index contributed by atoms with van der Waals surface area (Å²) < 4.78 is 58.8. The van der Waals surface area contributed by atoms with Crippen molar-refractivity contribution in [2.75, 3.05) is 25.0 Å². The van der Waals surface area contributed by atoms with Crippen LogP contribution < -0.4 is 10.1 Å². The summed E-state index contributed by atoms with van der Waals surface area (Å²) in [5, 5.41) is 4.48. The van der Waals surface area contributed by atoms with Crippen molar-refractivity contribution in [3.63, 3.8) is 0 Å². The summed E-state index contributed by atoms with van der Waals surface area (Å²) in [5.74, 6) is -2.04. The van der Waals surface area contributed by atoms with Crippen LogP contribution in [0.15, 0.2) is 52.7 Å². The number of carbonyl (C=O) groups excluding carboxylic acids is 1. The molecule has 2 heterocycles. The Morgan fingerprint density at radius 2 is 1.79 bits per heavy atom. The summed E-state index contributed by atoms with van der Waals surface area (Å²) in [6.07, 6.45) is 2.75. The Morgan fingerprint density at radius 1 is 1.06 bits per heavy atom. The number of piperidine rings is 1. The topological polar surface area (TPSA) is 88.6 Å². The summed E-state index contributed by atoms with van der Waals surface area (Å²) in [5.41, 5.74) is 0.794. The van der Waals surface area contributed by atoms with E-state index in [-0.39, 0.29) is 16.6 Å². The van der Waals surface area contributed by atoms with E-state index in [1.165, 1.54) is 34.6 Å². The number of benzene rings is 2. The van der Waals surface area contributed by atoms with Crippen molar-refractivity contribution in [2.24, 2.45) is 0 Å². The summed E-state index contributed by atoms with van der Waals surface area (Å²) in [6, 6.07) is 9.40. The minimum atomic E-state index is -3.53. The van der Waals surface area contributed by atoms with Gasteiger partial charge in [-0.15, -0.1) is 11.3 Å². The molecule has 174 valence electrons. The molecule has 0 atom stereocenters. The Morgan fingerprint density at radius 3 is 2.48 bits per heavy atom. The molecule has 1 aliphatic rings. The largest absolute Gasteiger partial charge is 0.484 e. The third-order valence-electron chi connectivity index (χ3n) is 5.11. The summed E-state index contributed by atoms with van der Waals surface area (Å²) >= 11 is 1.14. The average molecular weight is 494 g/mol. The summed E-state index contributed by atoms with van der Waals surface area (Å²) in [6.45, 7) is 0.739. The Hall–Kier alpha value is -2.89. The number of thiazole rings is 1. The van der Waals surface area contributed by atoms with Crippen molar-refractivity contribution in [3.8, 4) is 17.0 Å². The van der Waals surface area contributed by atoms with E-state index in [9.17, 15) is 22.0 Å². The standard InChI is InChI=1S/C22H21F2N3O4S2/c23-18-9-4-15(12-19(18)24)20-14-32-22(25-20)26-21(28)13-31-16-5-7-17(8-6-16)33(29,30)27-10-2-1-3-11-27/h4-9,12,14H,1-3,10-11,13H2,(H,25,26,28). The third kappa shape index (κ3) is 5.55. The van der Waals surface area contributed by atoms with E-state index in [1.54, 1.807) is 5.38 Å². The van der Waals surface area contributed by atoms with E-state index in [4.69, 9.17) is 4.74 Å². The molecule has 1 aliphatic heterocycles. The van der Waals surface area contributed by atoms with Gasteiger partial charge in [-0.2, -0.15) is 4.31 Å². The first-order chi connectivity index (χ1) is 15.8. The van der Waals surface area contributed by atoms with Crippen molar-refractivity contribution in [1.82, 2.24) is 9.29 Å². The maximum absolute atomic E-state index is 13.4. The van der Waals surface area contributed by atoms with Crippen LogP contribution in [0.2, 0.25) is 0 Å². The Labute approximate surface area is 194 Å². The number of hydrogen-bond acceptors (Lipinski definition) is 6. The zero-order valence-corrected chi connectivity index (χ0v) is 19.1. The number of aromatic nitrogens is 1. The third-order valence-corrected chi connectivity index (χ3v) is 7.78. The molecule has 2 aromatic carbocycles. The number of ether oxygens (including phenoxy) is 1. The Bertz CT molecular complexity index is 1240. The summed E-state index contributed by atoms with van der Waals surface area (Å²) in [4.78, 5) is 16.6. The van der Waals surface area contributed by atoms with Crippen molar-refractivity contribution >= 4 is 32.4 Å². The van der Waals surface area contributed by atoms with Crippen LogP contribution >= 0.6 is 11.3 Å². The van der Waals surface area contributed by atoms with Crippen LogP contribution in [0.5, 0.6) is 5.75 Å². The fourth-order valence-electron chi connectivity index (χ4n) is 3.39. The van der Waals surface area contributed by atoms with Gasteiger partial charge in [0.25, 0.3) is 5.91 Å². The molecule has 0 unspecified atom stereocenters. The van der Waals surface area contributed by atoms with Crippen LogP contribution in [-0.2, 0) is 14.8 Å². The lowest BCUT2D eigenvalue weighted by Crippen LogP contribution is -2.35. The predicted octanol–water partition coefficient (Wildman–Crippen LogP) is 4.28. The fourth-order valence-corrected chi connectivity index (χ4v) is 5.64. The molecule has 4 rings (SSSR count). The van der Waals surface area contributed by atoms with E-state index >= 15 is 0 Å². The minimum absolute atomic E-state index is 0.189. The van der Waals surface area contributed by atoms with Gasteiger partial charge in [-0.1, -0.05) is 6.42 Å². The number of halogens is 2. The molecule has 1 N–H and O–H groups in total. The molecule has 0 radical (unpaired) electrons. The average Bonchev–Trinajstić information content (AvgIpc) is 3.29. The quantitative estimate of drug-likeness (QED) is 0.531.